The van der Waals surface area contributed by atoms with Crippen LogP contribution in [0.4, 0.5) is 4.79 Å². The van der Waals surface area contributed by atoms with Gasteiger partial charge in [-0.1, -0.05) is 43.2 Å². The standard InChI is InChI=1S/C33H45N3O8S/c1-41-26-11-13-27(14-12-26)45(39,40)36(25-15-17-35(20-25)24-9-5-6-10-24)21-30(37)29(19-23-7-3-2-4-8-23)34-33(38)44-31-22-43-32-28(31)16-18-42-32/h2-4,7-8,11-14,24-25,28-32,37H,5-6,9-10,15-22H2,1H3,(H,34,38)/t25?,28?,29-,30+,31?,32+/m0/s1. The van der Waals surface area contributed by atoms with Crippen molar-refractivity contribution in [1.29, 1.82) is 0 Å². The van der Waals surface area contributed by atoms with Crippen LogP contribution in [0.25, 0.3) is 0 Å². The van der Waals surface area contributed by atoms with Gasteiger partial charge in [0.15, 0.2) is 6.29 Å². The Kier molecular flexibility index (Phi) is 10.3. The molecule has 4 fully saturated rings. The number of amides is 1. The number of ether oxygens (including phenoxy) is 4. The SMILES string of the molecule is COc1ccc(S(=O)(=O)N(C[C@@H](O)[C@H](Cc2ccccc2)NC(=O)OC2CO[C@H]3OCCC23)C2CCN(C3CCCC3)C2)cc1. The van der Waals surface area contributed by atoms with E-state index in [9.17, 15) is 18.3 Å². The van der Waals surface area contributed by atoms with Crippen molar-refractivity contribution >= 4 is 16.1 Å². The van der Waals surface area contributed by atoms with Crippen LogP contribution in [0.1, 0.15) is 44.1 Å². The number of sulfonamides is 1. The smallest absolute Gasteiger partial charge is 0.407 e. The Labute approximate surface area is 265 Å². The molecular weight excluding hydrogens is 598 g/mol. The fourth-order valence-corrected chi connectivity index (χ4v) is 8.93. The lowest BCUT2D eigenvalue weighted by atomic mass is 10.0. The third-order valence-corrected chi connectivity index (χ3v) is 11.7. The second-order valence-electron chi connectivity index (χ2n) is 12.6. The predicted molar refractivity (Wildman–Crippen MR) is 166 cm³/mol. The largest absolute Gasteiger partial charge is 0.497 e. The zero-order valence-electron chi connectivity index (χ0n) is 25.8. The van der Waals surface area contributed by atoms with Crippen molar-refractivity contribution in [2.24, 2.45) is 5.92 Å². The second kappa shape index (κ2) is 14.4. The van der Waals surface area contributed by atoms with E-state index in [1.807, 2.05) is 30.3 Å². The lowest BCUT2D eigenvalue weighted by molar-refractivity contribution is -0.0907. The maximum absolute atomic E-state index is 14.2. The number of rotatable bonds is 12. The number of methoxy groups -OCH3 is 1. The topological polar surface area (TPSA) is 127 Å². The van der Waals surface area contributed by atoms with Crippen LogP contribution in [0.15, 0.2) is 59.5 Å². The van der Waals surface area contributed by atoms with Gasteiger partial charge < -0.3 is 29.4 Å². The molecule has 3 unspecified atom stereocenters. The number of alkyl carbamates (subject to hydrolysis) is 1. The van der Waals surface area contributed by atoms with Gasteiger partial charge >= 0.3 is 6.09 Å². The van der Waals surface area contributed by atoms with Gasteiger partial charge in [-0.25, -0.2) is 13.2 Å². The van der Waals surface area contributed by atoms with Crippen LogP contribution in [0, 0.1) is 5.92 Å². The van der Waals surface area contributed by atoms with E-state index in [0.717, 1.165) is 31.4 Å². The number of aliphatic hydroxyl groups is 1. The van der Waals surface area contributed by atoms with Crippen LogP contribution < -0.4 is 10.1 Å². The summed E-state index contributed by atoms with van der Waals surface area (Å²) in [6, 6.07) is 15.2. The Morgan fingerprint density at radius 1 is 1.07 bits per heavy atom. The number of fused-ring (bicyclic) bond motifs is 1. The Balaban J connectivity index is 1.22. The van der Waals surface area contributed by atoms with Gasteiger partial charge in [-0.2, -0.15) is 4.31 Å². The highest BCUT2D eigenvalue weighted by atomic mass is 32.2. The Morgan fingerprint density at radius 2 is 1.82 bits per heavy atom. The van der Waals surface area contributed by atoms with Crippen molar-refractivity contribution in [2.75, 3.05) is 40.0 Å². The minimum absolute atomic E-state index is 0.0245. The van der Waals surface area contributed by atoms with E-state index in [0.29, 0.717) is 37.8 Å². The summed E-state index contributed by atoms with van der Waals surface area (Å²) in [5.41, 5.74) is 0.896. The molecule has 0 spiro atoms. The summed E-state index contributed by atoms with van der Waals surface area (Å²) in [5, 5.41) is 14.6. The van der Waals surface area contributed by atoms with Gasteiger partial charge in [-0.05, 0) is 61.9 Å². The molecule has 2 aromatic carbocycles. The average molecular weight is 644 g/mol. The molecule has 45 heavy (non-hydrogen) atoms. The van der Waals surface area contributed by atoms with E-state index in [1.165, 1.54) is 36.4 Å². The Bertz CT molecular complexity index is 1370. The number of nitrogens with zero attached hydrogens (tertiary/aromatic N) is 2. The van der Waals surface area contributed by atoms with Gasteiger partial charge in [0.25, 0.3) is 0 Å². The molecule has 11 nitrogen and oxygen atoms in total. The number of hydrogen-bond donors (Lipinski definition) is 2. The zero-order chi connectivity index (χ0) is 31.4. The minimum Gasteiger partial charge on any atom is -0.497 e. The van der Waals surface area contributed by atoms with Crippen LogP contribution in [-0.2, 0) is 30.7 Å². The average Bonchev–Trinajstić information content (AvgIpc) is 3.87. The number of nitrogens with one attached hydrogen (secondary N) is 1. The first-order chi connectivity index (χ1) is 21.8. The van der Waals surface area contributed by atoms with Crippen molar-refractivity contribution in [1.82, 2.24) is 14.5 Å². The van der Waals surface area contributed by atoms with Crippen molar-refractivity contribution in [2.45, 2.75) is 86.5 Å². The summed E-state index contributed by atoms with van der Waals surface area (Å²) in [6.07, 6.45) is 3.67. The lowest BCUT2D eigenvalue weighted by Crippen LogP contribution is -2.53. The molecule has 1 aliphatic carbocycles. The number of benzene rings is 2. The molecule has 3 aliphatic heterocycles. The molecule has 3 saturated heterocycles. The number of likely N-dealkylation sites (tertiary alicyclic amines) is 1. The van der Waals surface area contributed by atoms with Gasteiger partial charge in [0.05, 0.1) is 43.3 Å². The summed E-state index contributed by atoms with van der Waals surface area (Å²) < 4.78 is 52.1. The first kappa shape index (κ1) is 32.2. The van der Waals surface area contributed by atoms with Crippen LogP contribution in [0.2, 0.25) is 0 Å². The highest BCUT2D eigenvalue weighted by Gasteiger charge is 2.45. The molecule has 0 bridgehead atoms. The molecule has 246 valence electrons. The predicted octanol–water partition coefficient (Wildman–Crippen LogP) is 3.16. The van der Waals surface area contributed by atoms with E-state index in [2.05, 4.69) is 10.2 Å². The summed E-state index contributed by atoms with van der Waals surface area (Å²) in [7, 11) is -2.46. The van der Waals surface area contributed by atoms with Gasteiger partial charge in [0.2, 0.25) is 10.0 Å². The van der Waals surface area contributed by atoms with Crippen LogP contribution in [0.3, 0.4) is 0 Å². The molecule has 12 heteroatoms. The van der Waals surface area contributed by atoms with E-state index in [1.54, 1.807) is 12.1 Å². The monoisotopic (exact) mass is 643 g/mol. The van der Waals surface area contributed by atoms with Gasteiger partial charge in [-0.15, -0.1) is 0 Å². The van der Waals surface area contributed by atoms with Crippen molar-refractivity contribution in [3.63, 3.8) is 0 Å². The first-order valence-electron chi connectivity index (χ1n) is 16.1. The number of carbonyl (C=O) groups excluding carboxylic acids is 1. The van der Waals surface area contributed by atoms with Gasteiger partial charge in [0.1, 0.15) is 11.9 Å². The molecule has 1 saturated carbocycles. The summed E-state index contributed by atoms with van der Waals surface area (Å²) >= 11 is 0. The van der Waals surface area contributed by atoms with E-state index in [4.69, 9.17) is 18.9 Å². The number of hydrogen-bond acceptors (Lipinski definition) is 9. The summed E-state index contributed by atoms with van der Waals surface area (Å²) in [5.74, 6) is 0.533. The molecule has 1 amide bonds. The number of carbonyl (C=O) groups is 1. The Hall–Kier alpha value is -2.74. The molecule has 2 aromatic rings. The zero-order valence-corrected chi connectivity index (χ0v) is 26.6. The van der Waals surface area contributed by atoms with Crippen LogP contribution >= 0.6 is 0 Å². The maximum Gasteiger partial charge on any atom is 0.407 e. The Morgan fingerprint density at radius 3 is 2.56 bits per heavy atom. The molecule has 0 radical (unpaired) electrons. The minimum atomic E-state index is -4.00. The summed E-state index contributed by atoms with van der Waals surface area (Å²) in [4.78, 5) is 15.8. The quantitative estimate of drug-likeness (QED) is 0.359. The van der Waals surface area contributed by atoms with Crippen molar-refractivity contribution < 1.29 is 37.3 Å². The van der Waals surface area contributed by atoms with E-state index in [-0.39, 0.29) is 36.3 Å². The summed E-state index contributed by atoms with van der Waals surface area (Å²) in [6.45, 7) is 2.05. The highest BCUT2D eigenvalue weighted by molar-refractivity contribution is 7.89. The third-order valence-electron chi connectivity index (χ3n) is 9.79. The third kappa shape index (κ3) is 7.47. The van der Waals surface area contributed by atoms with Gasteiger partial charge in [0, 0.05) is 31.7 Å². The van der Waals surface area contributed by atoms with Crippen molar-refractivity contribution in [3.8, 4) is 5.75 Å². The molecule has 2 N–H and O–H groups in total. The van der Waals surface area contributed by atoms with Crippen LogP contribution in [-0.4, -0.2) is 105 Å². The maximum atomic E-state index is 14.2. The molecule has 0 aromatic heterocycles. The molecule has 4 aliphatic rings. The van der Waals surface area contributed by atoms with E-state index >= 15 is 0 Å². The number of aliphatic hydroxyl groups excluding tert-OH is 1. The molecular formula is C33H45N3O8S. The molecule has 6 rings (SSSR count). The normalized spacial score (nSPS) is 27.0. The van der Waals surface area contributed by atoms with Gasteiger partial charge in [-0.3, -0.25) is 4.90 Å². The first-order valence-corrected chi connectivity index (χ1v) is 17.6. The highest BCUT2D eigenvalue weighted by Crippen LogP contribution is 2.34. The lowest BCUT2D eigenvalue weighted by Gasteiger charge is -2.33. The molecule has 6 atom stereocenters. The molecule has 3 heterocycles. The van der Waals surface area contributed by atoms with E-state index < -0.39 is 34.4 Å². The second-order valence-corrected chi connectivity index (χ2v) is 14.5. The van der Waals surface area contributed by atoms with Crippen LogP contribution in [0.5, 0.6) is 5.75 Å². The fraction of sp³-hybridized carbons (Fsp3) is 0.606. The fourth-order valence-electron chi connectivity index (χ4n) is 7.26. The van der Waals surface area contributed by atoms with Crippen molar-refractivity contribution in [3.05, 3.63) is 60.2 Å².